The average molecular weight is 359 g/mol. The Morgan fingerprint density at radius 1 is 1.35 bits per heavy atom. The number of aromatic amines is 1. The highest BCUT2D eigenvalue weighted by Gasteiger charge is 2.37. The van der Waals surface area contributed by atoms with Gasteiger partial charge in [-0.1, -0.05) is 12.1 Å². The lowest BCUT2D eigenvalue weighted by Gasteiger charge is -2.17. The number of benzene rings is 1. The van der Waals surface area contributed by atoms with Gasteiger partial charge in [-0.15, -0.1) is 0 Å². The third-order valence-electron chi connectivity index (χ3n) is 4.39. The Bertz CT molecular complexity index is 1030. The zero-order valence-corrected chi connectivity index (χ0v) is 13.5. The molecular formula is C16H17N5O5. The fraction of sp³-hybridized carbons (Fsp3) is 0.312. The number of phenols is 1. The van der Waals surface area contributed by atoms with E-state index in [-0.39, 0.29) is 41.7 Å². The lowest BCUT2D eigenvalue weighted by molar-refractivity contribution is -0.0426. The minimum absolute atomic E-state index is 0.0305. The topological polar surface area (TPSA) is 160 Å². The number of hydrogen-bond acceptors (Lipinski definition) is 8. The third-order valence-corrected chi connectivity index (χ3v) is 4.39. The number of H-pyrrole nitrogens is 1. The summed E-state index contributed by atoms with van der Waals surface area (Å²) < 4.78 is 7.21. The maximum absolute atomic E-state index is 12.2. The van der Waals surface area contributed by atoms with Crippen molar-refractivity contribution in [2.45, 2.75) is 24.9 Å². The summed E-state index contributed by atoms with van der Waals surface area (Å²) in [5.41, 5.74) is 5.70. The van der Waals surface area contributed by atoms with Crippen LogP contribution < -0.4 is 11.3 Å². The third kappa shape index (κ3) is 2.51. The molecule has 10 heteroatoms. The minimum Gasteiger partial charge on any atom is -0.507 e. The number of aliphatic hydroxyl groups excluding tert-OH is 2. The second-order valence-corrected chi connectivity index (χ2v) is 6.06. The maximum atomic E-state index is 12.2. The van der Waals surface area contributed by atoms with Crippen molar-refractivity contribution in [3.63, 3.8) is 0 Å². The first-order chi connectivity index (χ1) is 12.5. The molecule has 1 aromatic carbocycles. The number of aromatic hydroxyl groups is 1. The van der Waals surface area contributed by atoms with Gasteiger partial charge in [-0.2, -0.15) is 4.98 Å². The number of aliphatic hydroxyl groups is 2. The molecule has 2 aromatic heterocycles. The fourth-order valence-electron chi connectivity index (χ4n) is 3.16. The summed E-state index contributed by atoms with van der Waals surface area (Å²) in [6.07, 6.45) is -2.24. The van der Waals surface area contributed by atoms with E-state index in [1.807, 2.05) is 0 Å². The normalized spacial score (nSPS) is 22.9. The molecule has 3 aromatic rings. The molecule has 10 nitrogen and oxygen atoms in total. The van der Waals surface area contributed by atoms with E-state index in [0.717, 1.165) is 0 Å². The Labute approximate surface area is 146 Å². The van der Waals surface area contributed by atoms with Gasteiger partial charge in [0.25, 0.3) is 5.56 Å². The van der Waals surface area contributed by atoms with Crippen molar-refractivity contribution in [3.8, 4) is 17.1 Å². The number of phenolic OH excluding ortho intramolecular Hbond substituents is 1. The monoisotopic (exact) mass is 359 g/mol. The van der Waals surface area contributed by atoms with Crippen LogP contribution in [-0.4, -0.2) is 53.7 Å². The highest BCUT2D eigenvalue weighted by Crippen LogP contribution is 2.37. The molecule has 136 valence electrons. The number of nitrogens with two attached hydrogens (primary N) is 1. The summed E-state index contributed by atoms with van der Waals surface area (Å²) in [4.78, 5) is 23.1. The van der Waals surface area contributed by atoms with Crippen LogP contribution in [0, 0.1) is 0 Å². The standard InChI is InChI=1S/C16H17N5O5/c17-16-19-14-12(15(25)20-16)18-13(7-3-1-2-4-8(7)23)21(14)11-5-9(24)10(6-22)26-11/h1-4,9-11,22-24H,5-6H2,(H3,17,19,20,25)/t9-,10+,11+/m0/s1. The summed E-state index contributed by atoms with van der Waals surface area (Å²) in [5.74, 6) is 0.118. The van der Waals surface area contributed by atoms with E-state index in [2.05, 4.69) is 15.0 Å². The van der Waals surface area contributed by atoms with Gasteiger partial charge < -0.3 is 25.8 Å². The van der Waals surface area contributed by atoms with Crippen LogP contribution in [0.1, 0.15) is 12.6 Å². The van der Waals surface area contributed by atoms with Crippen LogP contribution in [0.15, 0.2) is 29.1 Å². The molecule has 0 amide bonds. The molecule has 3 atom stereocenters. The molecule has 3 heterocycles. The van der Waals surface area contributed by atoms with Gasteiger partial charge in [0.2, 0.25) is 5.95 Å². The number of hydrogen-bond donors (Lipinski definition) is 5. The SMILES string of the molecule is Nc1nc2c(nc(-c3ccccc3O)n2[C@H]2C[C@H](O)[C@@H](CO)O2)c(=O)[nH]1. The van der Waals surface area contributed by atoms with E-state index in [0.29, 0.717) is 5.56 Å². The number of aromatic nitrogens is 4. The molecule has 0 spiro atoms. The number of imidazole rings is 1. The Kier molecular flexibility index (Phi) is 3.87. The molecule has 0 aliphatic carbocycles. The number of nitrogen functional groups attached to an aromatic ring is 1. The number of ether oxygens (including phenoxy) is 1. The molecule has 0 saturated carbocycles. The van der Waals surface area contributed by atoms with Gasteiger partial charge in [0.05, 0.1) is 18.3 Å². The van der Waals surface area contributed by atoms with Crippen molar-refractivity contribution < 1.29 is 20.1 Å². The molecule has 1 aliphatic heterocycles. The van der Waals surface area contributed by atoms with E-state index in [4.69, 9.17) is 10.5 Å². The van der Waals surface area contributed by atoms with Crippen molar-refractivity contribution in [1.29, 1.82) is 0 Å². The summed E-state index contributed by atoms with van der Waals surface area (Å²) >= 11 is 0. The van der Waals surface area contributed by atoms with Gasteiger partial charge in [0, 0.05) is 6.42 Å². The second-order valence-electron chi connectivity index (χ2n) is 6.06. The number of nitrogens with zero attached hydrogens (tertiary/aromatic N) is 3. The Balaban J connectivity index is 1.99. The van der Waals surface area contributed by atoms with Gasteiger partial charge in [0.15, 0.2) is 11.2 Å². The number of rotatable bonds is 3. The van der Waals surface area contributed by atoms with E-state index in [1.165, 1.54) is 10.6 Å². The van der Waals surface area contributed by atoms with Crippen molar-refractivity contribution in [3.05, 3.63) is 34.6 Å². The van der Waals surface area contributed by atoms with Crippen molar-refractivity contribution in [2.24, 2.45) is 0 Å². The van der Waals surface area contributed by atoms with E-state index in [9.17, 15) is 20.1 Å². The first-order valence-corrected chi connectivity index (χ1v) is 8.00. The van der Waals surface area contributed by atoms with Crippen molar-refractivity contribution in [2.75, 3.05) is 12.3 Å². The molecule has 4 rings (SSSR count). The summed E-state index contributed by atoms with van der Waals surface area (Å²) in [6.45, 7) is -0.355. The quantitative estimate of drug-likeness (QED) is 0.427. The Morgan fingerprint density at radius 2 is 2.12 bits per heavy atom. The molecule has 26 heavy (non-hydrogen) atoms. The van der Waals surface area contributed by atoms with Gasteiger partial charge in [-0.05, 0) is 12.1 Å². The zero-order valence-electron chi connectivity index (χ0n) is 13.5. The summed E-state index contributed by atoms with van der Waals surface area (Å²) in [6, 6.07) is 6.50. The first kappa shape index (κ1) is 16.5. The molecule has 1 aliphatic rings. The molecule has 6 N–H and O–H groups in total. The van der Waals surface area contributed by atoms with Gasteiger partial charge in [0.1, 0.15) is 23.9 Å². The lowest BCUT2D eigenvalue weighted by atomic mass is 10.1. The van der Waals surface area contributed by atoms with Crippen molar-refractivity contribution >= 4 is 17.1 Å². The Hall–Kier alpha value is -2.95. The van der Waals surface area contributed by atoms with Crippen LogP contribution in [0.2, 0.25) is 0 Å². The van der Waals surface area contributed by atoms with Crippen LogP contribution in [0.3, 0.4) is 0 Å². The molecule has 0 radical (unpaired) electrons. The van der Waals surface area contributed by atoms with E-state index < -0.39 is 24.0 Å². The molecule has 1 saturated heterocycles. The predicted molar refractivity (Wildman–Crippen MR) is 91.3 cm³/mol. The highest BCUT2D eigenvalue weighted by molar-refractivity contribution is 5.79. The number of fused-ring (bicyclic) bond motifs is 1. The predicted octanol–water partition coefficient (Wildman–Crippen LogP) is -0.285. The average Bonchev–Trinajstić information content (AvgIpc) is 3.15. The fourth-order valence-corrected chi connectivity index (χ4v) is 3.16. The zero-order chi connectivity index (χ0) is 18.4. The Morgan fingerprint density at radius 3 is 2.81 bits per heavy atom. The van der Waals surface area contributed by atoms with E-state index in [1.54, 1.807) is 18.2 Å². The first-order valence-electron chi connectivity index (χ1n) is 8.00. The van der Waals surface area contributed by atoms with Gasteiger partial charge in [-0.3, -0.25) is 14.3 Å². The summed E-state index contributed by atoms with van der Waals surface area (Å²) in [5, 5.41) is 29.6. The summed E-state index contributed by atoms with van der Waals surface area (Å²) in [7, 11) is 0. The number of anilines is 1. The molecule has 1 fully saturated rings. The van der Waals surface area contributed by atoms with Gasteiger partial charge >= 0.3 is 0 Å². The molecule has 0 bridgehead atoms. The van der Waals surface area contributed by atoms with Crippen LogP contribution in [0.4, 0.5) is 5.95 Å². The number of para-hydroxylation sites is 1. The highest BCUT2D eigenvalue weighted by atomic mass is 16.5. The molecule has 0 unspecified atom stereocenters. The molecular weight excluding hydrogens is 342 g/mol. The van der Waals surface area contributed by atoms with E-state index >= 15 is 0 Å². The van der Waals surface area contributed by atoms with Crippen LogP contribution in [0.25, 0.3) is 22.6 Å². The maximum Gasteiger partial charge on any atom is 0.280 e. The van der Waals surface area contributed by atoms with Crippen LogP contribution in [-0.2, 0) is 4.74 Å². The second kappa shape index (κ2) is 6.09. The van der Waals surface area contributed by atoms with Gasteiger partial charge in [-0.25, -0.2) is 4.98 Å². The lowest BCUT2D eigenvalue weighted by Crippen LogP contribution is -2.24. The number of nitrogens with one attached hydrogen (secondary N) is 1. The minimum atomic E-state index is -0.890. The van der Waals surface area contributed by atoms with Crippen LogP contribution in [0.5, 0.6) is 5.75 Å². The smallest absolute Gasteiger partial charge is 0.280 e. The van der Waals surface area contributed by atoms with Crippen LogP contribution >= 0.6 is 0 Å². The van der Waals surface area contributed by atoms with Crippen molar-refractivity contribution in [1.82, 2.24) is 19.5 Å². The largest absolute Gasteiger partial charge is 0.507 e.